The van der Waals surface area contributed by atoms with Crippen LogP contribution in [0.4, 0.5) is 4.79 Å². The third-order valence-electron chi connectivity index (χ3n) is 1.93. The number of amides is 1. The molecule has 0 saturated heterocycles. The number of alkyl carbamates (subject to hydrolysis) is 1. The first kappa shape index (κ1) is 16.4. The van der Waals surface area contributed by atoms with E-state index in [9.17, 15) is 18.0 Å². The highest BCUT2D eigenvalue weighted by molar-refractivity contribution is 7.96. The van der Waals surface area contributed by atoms with Gasteiger partial charge in [-0.05, 0) is 20.8 Å². The number of sulfone groups is 1. The fourth-order valence-electron chi connectivity index (χ4n) is 0.855. The molecule has 0 heterocycles. The Bertz CT molecular complexity index is 445. The number of nitrogens with one attached hydrogen (secondary N) is 1. The largest absolute Gasteiger partial charge is 0.480 e. The topological polar surface area (TPSA) is 110 Å². The monoisotopic (exact) mass is 279 g/mol. The third-order valence-corrected chi connectivity index (χ3v) is 4.42. The first-order valence-electron chi connectivity index (χ1n) is 5.03. The molecule has 0 saturated carbocycles. The Morgan fingerprint density at radius 3 is 2.22 bits per heavy atom. The highest BCUT2D eigenvalue weighted by atomic mass is 32.2. The second-order valence-electron chi connectivity index (χ2n) is 4.48. The van der Waals surface area contributed by atoms with Crippen molar-refractivity contribution >= 4 is 21.9 Å². The maximum atomic E-state index is 11.8. The number of hydrogen-bond acceptors (Lipinski definition) is 5. The molecule has 0 atom stereocenters. The molecule has 104 valence electrons. The first-order chi connectivity index (χ1) is 7.98. The van der Waals surface area contributed by atoms with E-state index in [4.69, 9.17) is 5.11 Å². The minimum absolute atomic E-state index is 0.236. The van der Waals surface area contributed by atoms with Gasteiger partial charge in [0.05, 0.1) is 9.65 Å². The quantitative estimate of drug-likeness (QED) is 0.759. The predicted molar refractivity (Wildman–Crippen MR) is 64.8 cm³/mol. The molecule has 2 N–H and O–H groups in total. The number of carbonyl (C=O) groups excluding carboxylic acids is 1. The molecule has 1 amide bonds. The summed E-state index contributed by atoms with van der Waals surface area (Å²) in [4.78, 5) is 20.9. The van der Waals surface area contributed by atoms with E-state index in [1.165, 1.54) is 20.8 Å². The standard InChI is InChI=1S/C10H17NO6S/c1-7(18(15,16)10(2,3)4)6-17-9(14)11-5-8(12)13/h1,5-6H2,2-4H3,(H,11,14)(H,12,13). The summed E-state index contributed by atoms with van der Waals surface area (Å²) in [7, 11) is -3.62. The number of carboxylic acids is 1. The molecule has 0 aromatic heterocycles. The molecule has 7 nitrogen and oxygen atoms in total. The maximum Gasteiger partial charge on any atom is 0.407 e. The average molecular weight is 279 g/mol. The fourth-order valence-corrected chi connectivity index (χ4v) is 1.94. The van der Waals surface area contributed by atoms with Crippen LogP contribution in [-0.2, 0) is 19.4 Å². The van der Waals surface area contributed by atoms with Gasteiger partial charge in [-0.2, -0.15) is 0 Å². The van der Waals surface area contributed by atoms with E-state index in [1.807, 2.05) is 5.32 Å². The van der Waals surface area contributed by atoms with Crippen LogP contribution in [0.3, 0.4) is 0 Å². The Balaban J connectivity index is 4.37. The van der Waals surface area contributed by atoms with E-state index in [1.54, 1.807) is 0 Å². The van der Waals surface area contributed by atoms with Crippen LogP contribution in [0.5, 0.6) is 0 Å². The van der Waals surface area contributed by atoms with Gasteiger partial charge in [0.15, 0.2) is 9.84 Å². The molecule has 8 heteroatoms. The van der Waals surface area contributed by atoms with E-state index >= 15 is 0 Å². The van der Waals surface area contributed by atoms with Crippen LogP contribution in [0.25, 0.3) is 0 Å². The lowest BCUT2D eigenvalue weighted by Gasteiger charge is -2.20. The second kappa shape index (κ2) is 5.85. The summed E-state index contributed by atoms with van der Waals surface area (Å²) in [5, 5.41) is 10.2. The van der Waals surface area contributed by atoms with Gasteiger partial charge in [-0.3, -0.25) is 4.79 Å². The van der Waals surface area contributed by atoms with Crippen molar-refractivity contribution in [3.05, 3.63) is 11.5 Å². The Hall–Kier alpha value is -1.57. The van der Waals surface area contributed by atoms with Gasteiger partial charge in [0, 0.05) is 0 Å². The van der Waals surface area contributed by atoms with Gasteiger partial charge in [-0.15, -0.1) is 0 Å². The van der Waals surface area contributed by atoms with Crippen LogP contribution in [0.2, 0.25) is 0 Å². The molecular formula is C10H17NO6S. The van der Waals surface area contributed by atoms with Gasteiger partial charge in [-0.1, -0.05) is 6.58 Å². The van der Waals surface area contributed by atoms with Gasteiger partial charge in [0.2, 0.25) is 0 Å². The molecule has 0 radical (unpaired) electrons. The minimum Gasteiger partial charge on any atom is -0.480 e. The van der Waals surface area contributed by atoms with E-state index in [0.29, 0.717) is 0 Å². The Morgan fingerprint density at radius 1 is 1.33 bits per heavy atom. The molecule has 0 spiro atoms. The summed E-state index contributed by atoms with van der Waals surface area (Å²) in [6.45, 7) is 6.74. The number of aliphatic carboxylic acids is 1. The summed E-state index contributed by atoms with van der Waals surface area (Å²) in [5.41, 5.74) is 0. The highest BCUT2D eigenvalue weighted by Crippen LogP contribution is 2.22. The number of carboxylic acid groups (broad SMARTS) is 1. The lowest BCUT2D eigenvalue weighted by molar-refractivity contribution is -0.135. The summed E-state index contributed by atoms with van der Waals surface area (Å²) in [5.74, 6) is -1.23. The number of carbonyl (C=O) groups is 2. The van der Waals surface area contributed by atoms with Crippen molar-refractivity contribution in [1.82, 2.24) is 5.32 Å². The van der Waals surface area contributed by atoms with Crippen molar-refractivity contribution in [1.29, 1.82) is 0 Å². The zero-order valence-electron chi connectivity index (χ0n) is 10.5. The predicted octanol–water partition coefficient (Wildman–Crippen LogP) is 0.524. The van der Waals surface area contributed by atoms with Crippen LogP contribution in [0.15, 0.2) is 11.5 Å². The second-order valence-corrected chi connectivity index (χ2v) is 7.29. The SMILES string of the molecule is C=C(COC(=O)NCC(=O)O)S(=O)(=O)C(C)(C)C. The normalized spacial score (nSPS) is 11.7. The van der Waals surface area contributed by atoms with Gasteiger partial charge in [0.25, 0.3) is 0 Å². The van der Waals surface area contributed by atoms with Crippen molar-refractivity contribution in [3.8, 4) is 0 Å². The third kappa shape index (κ3) is 4.74. The Kier molecular flexibility index (Phi) is 5.34. The zero-order chi connectivity index (χ0) is 14.6. The zero-order valence-corrected chi connectivity index (χ0v) is 11.3. The van der Waals surface area contributed by atoms with Crippen LogP contribution in [0, 0.1) is 0 Å². The van der Waals surface area contributed by atoms with E-state index in [0.717, 1.165) is 0 Å². The molecule has 0 aliphatic carbocycles. The molecule has 0 aromatic carbocycles. The van der Waals surface area contributed by atoms with Crippen molar-refractivity contribution in [3.63, 3.8) is 0 Å². The molecule has 0 bridgehead atoms. The van der Waals surface area contributed by atoms with Gasteiger partial charge < -0.3 is 15.2 Å². The van der Waals surface area contributed by atoms with Gasteiger partial charge in [-0.25, -0.2) is 13.2 Å². The van der Waals surface area contributed by atoms with Crippen molar-refractivity contribution in [2.75, 3.05) is 13.2 Å². The highest BCUT2D eigenvalue weighted by Gasteiger charge is 2.32. The van der Waals surface area contributed by atoms with Crippen LogP contribution in [-0.4, -0.2) is 43.5 Å². The molecule has 0 unspecified atom stereocenters. The van der Waals surface area contributed by atoms with Crippen molar-refractivity contribution in [2.24, 2.45) is 0 Å². The number of ether oxygens (including phenoxy) is 1. The summed E-state index contributed by atoms with van der Waals surface area (Å²) in [6, 6.07) is 0. The van der Waals surface area contributed by atoms with E-state index in [2.05, 4.69) is 11.3 Å². The van der Waals surface area contributed by atoms with Gasteiger partial charge in [0.1, 0.15) is 13.2 Å². The maximum absolute atomic E-state index is 11.8. The summed E-state index contributed by atoms with van der Waals surface area (Å²) < 4.78 is 27.2. The fraction of sp³-hybridized carbons (Fsp3) is 0.600. The smallest absolute Gasteiger partial charge is 0.407 e. The molecule has 0 rings (SSSR count). The van der Waals surface area contributed by atoms with E-state index in [-0.39, 0.29) is 4.91 Å². The molecule has 0 aliphatic rings. The molecular weight excluding hydrogens is 262 g/mol. The minimum atomic E-state index is -3.62. The molecule has 0 aromatic rings. The molecule has 0 aliphatic heterocycles. The Morgan fingerprint density at radius 2 is 1.83 bits per heavy atom. The summed E-state index contributed by atoms with van der Waals surface area (Å²) >= 11 is 0. The molecule has 0 fully saturated rings. The summed E-state index contributed by atoms with van der Waals surface area (Å²) in [6.07, 6.45) is -1.01. The number of hydrogen-bond donors (Lipinski definition) is 2. The van der Waals surface area contributed by atoms with Crippen LogP contribution < -0.4 is 5.32 Å². The van der Waals surface area contributed by atoms with Crippen molar-refractivity contribution < 1.29 is 27.9 Å². The van der Waals surface area contributed by atoms with E-state index < -0.39 is 39.8 Å². The lowest BCUT2D eigenvalue weighted by Crippen LogP contribution is -2.33. The lowest BCUT2D eigenvalue weighted by atomic mass is 10.3. The van der Waals surface area contributed by atoms with Crippen LogP contribution >= 0.6 is 0 Å². The average Bonchev–Trinajstić information content (AvgIpc) is 2.21. The number of rotatable bonds is 5. The van der Waals surface area contributed by atoms with Crippen molar-refractivity contribution in [2.45, 2.75) is 25.5 Å². The first-order valence-corrected chi connectivity index (χ1v) is 6.51. The Labute approximate surface area is 106 Å². The molecule has 18 heavy (non-hydrogen) atoms. The van der Waals surface area contributed by atoms with Crippen LogP contribution in [0.1, 0.15) is 20.8 Å². The van der Waals surface area contributed by atoms with Gasteiger partial charge >= 0.3 is 12.1 Å².